The van der Waals surface area contributed by atoms with Crippen molar-refractivity contribution in [1.29, 1.82) is 0 Å². The fourth-order valence-corrected chi connectivity index (χ4v) is 2.66. The van der Waals surface area contributed by atoms with Gasteiger partial charge >= 0.3 is 11.9 Å². The van der Waals surface area contributed by atoms with E-state index in [0.717, 1.165) is 22.3 Å². The minimum absolute atomic E-state index is 0.359. The van der Waals surface area contributed by atoms with Crippen LogP contribution in [-0.4, -0.2) is 11.9 Å². The van der Waals surface area contributed by atoms with Crippen molar-refractivity contribution in [3.05, 3.63) is 72.8 Å². The van der Waals surface area contributed by atoms with Crippen LogP contribution in [0.25, 0.3) is 11.1 Å². The molecule has 134 valence electrons. The molecule has 0 N–H and O–H groups in total. The molecule has 0 aliphatic heterocycles. The summed E-state index contributed by atoms with van der Waals surface area (Å²) in [7, 11) is 0. The van der Waals surface area contributed by atoms with Crippen LogP contribution in [0.3, 0.4) is 0 Å². The molecule has 0 atom stereocenters. The van der Waals surface area contributed by atoms with Gasteiger partial charge in [0, 0.05) is 13.8 Å². The highest BCUT2D eigenvalue weighted by Gasteiger charge is 2.11. The Bertz CT molecular complexity index is 778. The van der Waals surface area contributed by atoms with Crippen LogP contribution in [0.5, 0.6) is 11.5 Å². The average molecular weight is 350 g/mol. The molecule has 0 heterocycles. The van der Waals surface area contributed by atoms with E-state index in [1.807, 2.05) is 24.3 Å². The summed E-state index contributed by atoms with van der Waals surface area (Å²) in [6, 6.07) is 11.3. The number of ether oxygens (including phenoxy) is 2. The van der Waals surface area contributed by atoms with Gasteiger partial charge in [-0.1, -0.05) is 24.3 Å². The van der Waals surface area contributed by atoms with Crippen LogP contribution in [0, 0.1) is 0 Å². The first-order chi connectivity index (χ1) is 12.4. The molecule has 0 bridgehead atoms. The van der Waals surface area contributed by atoms with Gasteiger partial charge in [0.15, 0.2) is 0 Å². The van der Waals surface area contributed by atoms with Crippen molar-refractivity contribution in [3.8, 4) is 22.6 Å². The molecule has 26 heavy (non-hydrogen) atoms. The van der Waals surface area contributed by atoms with E-state index in [0.29, 0.717) is 24.3 Å². The Morgan fingerprint density at radius 3 is 1.50 bits per heavy atom. The third-order valence-corrected chi connectivity index (χ3v) is 3.69. The van der Waals surface area contributed by atoms with Gasteiger partial charge in [-0.2, -0.15) is 0 Å². The average Bonchev–Trinajstić information content (AvgIpc) is 2.57. The van der Waals surface area contributed by atoms with Gasteiger partial charge in [0.25, 0.3) is 0 Å². The summed E-state index contributed by atoms with van der Waals surface area (Å²) in [6.07, 6.45) is 4.70. The van der Waals surface area contributed by atoms with E-state index in [4.69, 9.17) is 9.47 Å². The molecule has 0 unspecified atom stereocenters. The fourth-order valence-electron chi connectivity index (χ4n) is 2.66. The number of hydrogen-bond acceptors (Lipinski definition) is 4. The first kappa shape index (κ1) is 19.2. The molecule has 4 nitrogen and oxygen atoms in total. The molecule has 2 rings (SSSR count). The molecule has 0 aliphatic carbocycles. The first-order valence-corrected chi connectivity index (χ1v) is 8.29. The lowest BCUT2D eigenvalue weighted by Crippen LogP contribution is -2.04. The maximum atomic E-state index is 11.3. The molecule has 0 radical (unpaired) electrons. The molecule has 0 aromatic heterocycles. The largest absolute Gasteiger partial charge is 0.426 e. The summed E-state index contributed by atoms with van der Waals surface area (Å²) in [5, 5.41) is 0. The Balaban J connectivity index is 2.46. The Kier molecular flexibility index (Phi) is 6.50. The molecule has 0 aliphatic rings. The summed E-state index contributed by atoms with van der Waals surface area (Å²) in [6.45, 7) is 10.3. The zero-order chi connectivity index (χ0) is 19.1. The van der Waals surface area contributed by atoms with Crippen LogP contribution in [0.15, 0.2) is 61.7 Å². The zero-order valence-electron chi connectivity index (χ0n) is 15.1. The van der Waals surface area contributed by atoms with E-state index in [1.165, 1.54) is 13.8 Å². The second kappa shape index (κ2) is 8.81. The van der Waals surface area contributed by atoms with Crippen LogP contribution < -0.4 is 9.47 Å². The van der Waals surface area contributed by atoms with Crippen molar-refractivity contribution in [3.63, 3.8) is 0 Å². The van der Waals surface area contributed by atoms with Crippen molar-refractivity contribution in [2.75, 3.05) is 0 Å². The topological polar surface area (TPSA) is 52.6 Å². The van der Waals surface area contributed by atoms with E-state index >= 15 is 0 Å². The molecule has 0 saturated heterocycles. The standard InChI is InChI=1S/C22H22O4/c1-5-7-19-13-17(9-11-21(19)25-15(3)23)18-10-12-22(26-16(4)24)20(14-18)8-6-2/h5-6,9-14H,1-2,7-8H2,3-4H3. The van der Waals surface area contributed by atoms with Crippen LogP contribution in [-0.2, 0) is 22.4 Å². The number of rotatable bonds is 7. The van der Waals surface area contributed by atoms with E-state index < -0.39 is 0 Å². The normalized spacial score (nSPS) is 10.1. The number of carbonyl (C=O) groups excluding carboxylic acids is 2. The minimum atomic E-state index is -0.359. The summed E-state index contributed by atoms with van der Waals surface area (Å²) in [5.74, 6) is 0.345. The third kappa shape index (κ3) is 4.93. The van der Waals surface area contributed by atoms with Gasteiger partial charge in [-0.3, -0.25) is 9.59 Å². The zero-order valence-corrected chi connectivity index (χ0v) is 15.1. The van der Waals surface area contributed by atoms with Crippen LogP contribution in [0.4, 0.5) is 0 Å². The lowest BCUT2D eigenvalue weighted by Gasteiger charge is -2.13. The lowest BCUT2D eigenvalue weighted by atomic mass is 9.98. The number of hydrogen-bond donors (Lipinski definition) is 0. The second-order valence-electron chi connectivity index (χ2n) is 5.82. The number of allylic oxidation sites excluding steroid dienone is 2. The predicted octanol–water partition coefficient (Wildman–Crippen LogP) is 4.66. The first-order valence-electron chi connectivity index (χ1n) is 8.29. The third-order valence-electron chi connectivity index (χ3n) is 3.69. The van der Waals surface area contributed by atoms with Gasteiger partial charge in [-0.05, 0) is 59.4 Å². The molecule has 2 aromatic rings. The lowest BCUT2D eigenvalue weighted by molar-refractivity contribution is -0.132. The van der Waals surface area contributed by atoms with Crippen LogP contribution in [0.2, 0.25) is 0 Å². The molecule has 4 heteroatoms. The Morgan fingerprint density at radius 2 is 1.19 bits per heavy atom. The quantitative estimate of drug-likeness (QED) is 0.414. The van der Waals surface area contributed by atoms with Gasteiger partial charge < -0.3 is 9.47 Å². The van der Waals surface area contributed by atoms with E-state index in [-0.39, 0.29) is 11.9 Å². The monoisotopic (exact) mass is 350 g/mol. The van der Waals surface area contributed by atoms with Gasteiger partial charge in [-0.25, -0.2) is 0 Å². The Labute approximate surface area is 153 Å². The highest BCUT2D eigenvalue weighted by Crippen LogP contribution is 2.31. The molecule has 0 amide bonds. The molecule has 0 saturated carbocycles. The van der Waals surface area contributed by atoms with Crippen LogP contribution >= 0.6 is 0 Å². The van der Waals surface area contributed by atoms with Gasteiger partial charge in [-0.15, -0.1) is 13.2 Å². The van der Waals surface area contributed by atoms with Crippen molar-refractivity contribution in [2.24, 2.45) is 0 Å². The van der Waals surface area contributed by atoms with E-state index in [9.17, 15) is 9.59 Å². The fraction of sp³-hybridized carbons (Fsp3) is 0.182. The summed E-state index contributed by atoms with van der Waals surface area (Å²) in [5.41, 5.74) is 3.69. The number of esters is 2. The van der Waals surface area contributed by atoms with Crippen molar-refractivity contribution in [1.82, 2.24) is 0 Å². The number of benzene rings is 2. The molecule has 0 fully saturated rings. The molecular formula is C22H22O4. The van der Waals surface area contributed by atoms with E-state index in [1.54, 1.807) is 24.3 Å². The highest BCUT2D eigenvalue weighted by atomic mass is 16.5. The van der Waals surface area contributed by atoms with Gasteiger partial charge in [0.2, 0.25) is 0 Å². The maximum Gasteiger partial charge on any atom is 0.308 e. The molecular weight excluding hydrogens is 328 g/mol. The highest BCUT2D eigenvalue weighted by molar-refractivity contribution is 5.74. The molecule has 2 aromatic carbocycles. The predicted molar refractivity (Wildman–Crippen MR) is 102 cm³/mol. The van der Waals surface area contributed by atoms with Crippen molar-refractivity contribution < 1.29 is 19.1 Å². The summed E-state index contributed by atoms with van der Waals surface area (Å²) >= 11 is 0. The summed E-state index contributed by atoms with van der Waals surface area (Å²) < 4.78 is 10.5. The minimum Gasteiger partial charge on any atom is -0.426 e. The Hall–Kier alpha value is -3.14. The van der Waals surface area contributed by atoms with Crippen molar-refractivity contribution in [2.45, 2.75) is 26.7 Å². The van der Waals surface area contributed by atoms with E-state index in [2.05, 4.69) is 13.2 Å². The maximum absolute atomic E-state index is 11.3. The summed E-state index contributed by atoms with van der Waals surface area (Å²) in [4.78, 5) is 22.5. The SMILES string of the molecule is C=CCc1cc(-c2ccc(OC(C)=O)c(CC=C)c2)ccc1OC(C)=O. The van der Waals surface area contributed by atoms with Crippen LogP contribution in [0.1, 0.15) is 25.0 Å². The van der Waals surface area contributed by atoms with Gasteiger partial charge in [0.05, 0.1) is 0 Å². The van der Waals surface area contributed by atoms with Crippen molar-refractivity contribution >= 4 is 11.9 Å². The number of carbonyl (C=O) groups is 2. The molecule has 0 spiro atoms. The smallest absolute Gasteiger partial charge is 0.308 e. The van der Waals surface area contributed by atoms with Gasteiger partial charge in [0.1, 0.15) is 11.5 Å². The Morgan fingerprint density at radius 1 is 0.808 bits per heavy atom. The second-order valence-corrected chi connectivity index (χ2v) is 5.82.